The average molecular weight is 373 g/mol. The van der Waals surface area contributed by atoms with Crippen molar-refractivity contribution >= 4 is 15.9 Å². The Labute approximate surface area is 148 Å². The fourth-order valence-electron chi connectivity index (χ4n) is 3.34. The summed E-state index contributed by atoms with van der Waals surface area (Å²) in [4.78, 5) is 2.61. The smallest absolute Gasteiger partial charge is 0.0613 e. The van der Waals surface area contributed by atoms with Crippen molar-refractivity contribution in [2.75, 3.05) is 26.2 Å². The molecule has 3 heteroatoms. The zero-order chi connectivity index (χ0) is 16.1. The first-order valence-corrected chi connectivity index (χ1v) is 9.37. The molecule has 1 N–H and O–H groups in total. The second kappa shape index (κ2) is 8.09. The molecule has 1 saturated heterocycles. The van der Waals surface area contributed by atoms with E-state index >= 15 is 0 Å². The monoisotopic (exact) mass is 372 g/mol. The van der Waals surface area contributed by atoms with Gasteiger partial charge in [-0.25, -0.2) is 0 Å². The number of hydrogen-bond acceptors (Lipinski definition) is 2. The van der Waals surface area contributed by atoms with Crippen molar-refractivity contribution in [1.29, 1.82) is 0 Å². The summed E-state index contributed by atoms with van der Waals surface area (Å²) in [6, 6.07) is 18.1. The van der Waals surface area contributed by atoms with Crippen LogP contribution in [-0.2, 0) is 6.42 Å². The van der Waals surface area contributed by atoms with Gasteiger partial charge in [0.15, 0.2) is 0 Å². The van der Waals surface area contributed by atoms with E-state index in [-0.39, 0.29) is 0 Å². The van der Waals surface area contributed by atoms with Gasteiger partial charge in [-0.2, -0.15) is 0 Å². The third kappa shape index (κ3) is 4.03. The molecule has 2 nitrogen and oxygen atoms in total. The highest BCUT2D eigenvalue weighted by atomic mass is 79.9. The largest absolute Gasteiger partial charge is 0.315 e. The topological polar surface area (TPSA) is 15.3 Å². The number of nitrogens with one attached hydrogen (secondary N) is 1. The number of halogens is 1. The number of benzene rings is 2. The molecule has 0 bridgehead atoms. The van der Waals surface area contributed by atoms with E-state index in [0.717, 1.165) is 32.6 Å². The van der Waals surface area contributed by atoms with E-state index in [4.69, 9.17) is 0 Å². The zero-order valence-electron chi connectivity index (χ0n) is 13.8. The van der Waals surface area contributed by atoms with Crippen LogP contribution in [0.25, 0.3) is 0 Å². The van der Waals surface area contributed by atoms with Crippen molar-refractivity contribution in [3.8, 4) is 0 Å². The van der Waals surface area contributed by atoms with E-state index in [1.807, 2.05) is 0 Å². The van der Waals surface area contributed by atoms with Crippen LogP contribution in [0.5, 0.6) is 0 Å². The normalized spacial score (nSPS) is 17.7. The molecule has 3 rings (SSSR count). The van der Waals surface area contributed by atoms with Gasteiger partial charge >= 0.3 is 0 Å². The Hall–Kier alpha value is -1.16. The molecule has 1 heterocycles. The van der Waals surface area contributed by atoms with E-state index < -0.39 is 0 Å². The highest BCUT2D eigenvalue weighted by molar-refractivity contribution is 9.10. The van der Waals surface area contributed by atoms with Crippen LogP contribution in [0, 0.1) is 0 Å². The molecule has 0 radical (unpaired) electrons. The lowest BCUT2D eigenvalue weighted by molar-refractivity contribution is 0.240. The molecule has 0 aliphatic carbocycles. The summed E-state index contributed by atoms with van der Waals surface area (Å²) in [5.74, 6) is 0. The average Bonchev–Trinajstić information content (AvgIpc) is 2.87. The lowest BCUT2D eigenvalue weighted by atomic mass is 9.95. The number of rotatable bonds is 4. The van der Waals surface area contributed by atoms with E-state index in [1.54, 1.807) is 0 Å². The van der Waals surface area contributed by atoms with Crippen LogP contribution in [0.1, 0.15) is 36.1 Å². The predicted octanol–water partition coefficient (Wildman–Crippen LogP) is 4.40. The maximum absolute atomic E-state index is 3.77. The van der Waals surface area contributed by atoms with Crippen LogP contribution >= 0.6 is 15.9 Å². The van der Waals surface area contributed by atoms with E-state index in [0.29, 0.717) is 6.04 Å². The zero-order valence-corrected chi connectivity index (χ0v) is 15.3. The summed E-state index contributed by atoms with van der Waals surface area (Å²) in [7, 11) is 0. The molecular formula is C20H25BrN2. The third-order valence-corrected chi connectivity index (χ3v) is 5.37. The predicted molar refractivity (Wildman–Crippen MR) is 101 cm³/mol. The molecule has 0 saturated carbocycles. The highest BCUT2D eigenvalue weighted by Crippen LogP contribution is 2.33. The van der Waals surface area contributed by atoms with Gasteiger partial charge in [-0.05, 0) is 42.1 Å². The van der Waals surface area contributed by atoms with Gasteiger partial charge in [-0.3, -0.25) is 4.90 Å². The maximum atomic E-state index is 3.77. The SMILES string of the molecule is CCc1ccc(C(c2ccccc2Br)N2CCCNCC2)cc1. The number of aryl methyl sites for hydroxylation is 1. The quantitative estimate of drug-likeness (QED) is 0.855. The Morgan fingerprint density at radius 2 is 1.83 bits per heavy atom. The summed E-state index contributed by atoms with van der Waals surface area (Å²) < 4.78 is 1.20. The number of hydrogen-bond donors (Lipinski definition) is 1. The first-order chi connectivity index (χ1) is 11.3. The fourth-order valence-corrected chi connectivity index (χ4v) is 3.85. The molecule has 23 heavy (non-hydrogen) atoms. The third-order valence-electron chi connectivity index (χ3n) is 4.64. The molecule has 1 aliphatic heterocycles. The van der Waals surface area contributed by atoms with Crippen LogP contribution < -0.4 is 5.32 Å². The molecule has 2 aromatic rings. The molecule has 122 valence electrons. The maximum Gasteiger partial charge on any atom is 0.0613 e. The molecule has 1 unspecified atom stereocenters. The van der Waals surface area contributed by atoms with Crippen molar-refractivity contribution < 1.29 is 0 Å². The minimum atomic E-state index is 0.316. The van der Waals surface area contributed by atoms with Gasteiger partial charge < -0.3 is 5.32 Å². The summed E-state index contributed by atoms with van der Waals surface area (Å²) in [6.07, 6.45) is 2.29. The first kappa shape index (κ1) is 16.7. The fraction of sp³-hybridized carbons (Fsp3) is 0.400. The van der Waals surface area contributed by atoms with Crippen LogP contribution in [0.15, 0.2) is 53.0 Å². The van der Waals surface area contributed by atoms with E-state index in [9.17, 15) is 0 Å². The summed E-state index contributed by atoms with van der Waals surface area (Å²) in [5, 5.41) is 3.51. The minimum Gasteiger partial charge on any atom is -0.315 e. The van der Waals surface area contributed by atoms with Crippen LogP contribution in [0.3, 0.4) is 0 Å². The van der Waals surface area contributed by atoms with Gasteiger partial charge in [-0.15, -0.1) is 0 Å². The van der Waals surface area contributed by atoms with E-state index in [2.05, 4.69) is 81.6 Å². The Kier molecular flexibility index (Phi) is 5.87. The summed E-state index contributed by atoms with van der Waals surface area (Å²) in [6.45, 7) is 6.61. The summed E-state index contributed by atoms with van der Waals surface area (Å²) in [5.41, 5.74) is 4.15. The highest BCUT2D eigenvalue weighted by Gasteiger charge is 2.24. The Balaban J connectivity index is 1.99. The van der Waals surface area contributed by atoms with Crippen molar-refractivity contribution in [3.05, 3.63) is 69.7 Å². The first-order valence-electron chi connectivity index (χ1n) is 8.57. The number of nitrogens with zero attached hydrogens (tertiary/aromatic N) is 1. The lowest BCUT2D eigenvalue weighted by Gasteiger charge is -2.32. The molecular weight excluding hydrogens is 348 g/mol. The van der Waals surface area contributed by atoms with Crippen LogP contribution in [-0.4, -0.2) is 31.1 Å². The van der Waals surface area contributed by atoms with Gasteiger partial charge in [0.25, 0.3) is 0 Å². The van der Waals surface area contributed by atoms with Crippen molar-refractivity contribution in [2.45, 2.75) is 25.8 Å². The molecule has 1 fully saturated rings. The summed E-state index contributed by atoms with van der Waals surface area (Å²) >= 11 is 3.77. The standard InChI is InChI=1S/C20H25BrN2/c1-2-16-8-10-17(11-9-16)20(18-6-3-4-7-19(18)21)23-14-5-12-22-13-15-23/h3-4,6-11,20,22H,2,5,12-15H2,1H3. The van der Waals surface area contributed by atoms with Gasteiger partial charge in [0.05, 0.1) is 6.04 Å². The molecule has 0 amide bonds. The van der Waals surface area contributed by atoms with E-state index in [1.165, 1.54) is 27.6 Å². The molecule has 1 aliphatic rings. The molecule has 1 atom stereocenters. The van der Waals surface area contributed by atoms with Crippen molar-refractivity contribution in [3.63, 3.8) is 0 Å². The molecule has 2 aromatic carbocycles. The Morgan fingerprint density at radius 3 is 2.57 bits per heavy atom. The Bertz CT molecular complexity index is 616. The minimum absolute atomic E-state index is 0.316. The second-order valence-corrected chi connectivity index (χ2v) is 7.01. The van der Waals surface area contributed by atoms with Gasteiger partial charge in [0, 0.05) is 24.1 Å². The van der Waals surface area contributed by atoms with Crippen LogP contribution in [0.2, 0.25) is 0 Å². The van der Waals surface area contributed by atoms with Crippen LogP contribution in [0.4, 0.5) is 0 Å². The second-order valence-electron chi connectivity index (χ2n) is 6.16. The van der Waals surface area contributed by atoms with Crippen molar-refractivity contribution in [2.24, 2.45) is 0 Å². The molecule has 0 aromatic heterocycles. The molecule has 0 spiro atoms. The lowest BCUT2D eigenvalue weighted by Crippen LogP contribution is -2.33. The van der Waals surface area contributed by atoms with Crippen molar-refractivity contribution in [1.82, 2.24) is 10.2 Å². The Morgan fingerprint density at radius 1 is 1.04 bits per heavy atom. The van der Waals surface area contributed by atoms with Gasteiger partial charge in [0.1, 0.15) is 0 Å². The van der Waals surface area contributed by atoms with Gasteiger partial charge in [-0.1, -0.05) is 65.3 Å². The van der Waals surface area contributed by atoms with Gasteiger partial charge in [0.2, 0.25) is 0 Å².